The van der Waals surface area contributed by atoms with Gasteiger partial charge in [-0.15, -0.1) is 0 Å². The molecule has 0 aromatic heterocycles. The summed E-state index contributed by atoms with van der Waals surface area (Å²) in [7, 11) is 0. The first kappa shape index (κ1) is 12.0. The summed E-state index contributed by atoms with van der Waals surface area (Å²) in [6, 6.07) is 0. The highest BCUT2D eigenvalue weighted by Gasteiger charge is 2.38. The molecule has 1 unspecified atom stereocenters. The summed E-state index contributed by atoms with van der Waals surface area (Å²) < 4.78 is 0. The van der Waals surface area contributed by atoms with Crippen molar-refractivity contribution in [1.29, 1.82) is 0 Å². The highest BCUT2D eigenvalue weighted by atomic mass is 16.3. The summed E-state index contributed by atoms with van der Waals surface area (Å²) in [5, 5.41) is 9.45. The minimum atomic E-state index is -0.135. The molecule has 1 saturated carbocycles. The van der Waals surface area contributed by atoms with Crippen LogP contribution in [0.2, 0.25) is 0 Å². The maximum absolute atomic E-state index is 9.45. The summed E-state index contributed by atoms with van der Waals surface area (Å²) in [5.74, 6) is 0.716. The maximum Gasteiger partial charge on any atom is 0.0514 e. The molecule has 1 fully saturated rings. The molecular weight excluding hydrogens is 172 g/mol. The molecule has 0 radical (unpaired) electrons. The first-order valence-electron chi connectivity index (χ1n) is 5.88. The SMILES string of the molecule is CC(O)CC1CC(C)(C)CC(C)(C)C1. The van der Waals surface area contributed by atoms with E-state index in [-0.39, 0.29) is 6.10 Å². The van der Waals surface area contributed by atoms with E-state index in [0.717, 1.165) is 6.42 Å². The predicted octanol–water partition coefficient (Wildman–Crippen LogP) is 3.61. The largest absolute Gasteiger partial charge is 0.393 e. The van der Waals surface area contributed by atoms with Crippen LogP contribution in [0.15, 0.2) is 0 Å². The molecule has 0 aliphatic heterocycles. The van der Waals surface area contributed by atoms with Gasteiger partial charge in [0.15, 0.2) is 0 Å². The van der Waals surface area contributed by atoms with E-state index in [4.69, 9.17) is 0 Å². The molecule has 1 N–H and O–H groups in total. The highest BCUT2D eigenvalue weighted by molar-refractivity contribution is 4.89. The van der Waals surface area contributed by atoms with Crippen molar-refractivity contribution < 1.29 is 5.11 Å². The third-order valence-corrected chi connectivity index (χ3v) is 3.31. The van der Waals surface area contributed by atoms with Gasteiger partial charge >= 0.3 is 0 Å². The van der Waals surface area contributed by atoms with E-state index in [1.165, 1.54) is 19.3 Å². The number of hydrogen-bond acceptors (Lipinski definition) is 1. The Labute approximate surface area is 88.9 Å². The highest BCUT2D eigenvalue weighted by Crippen LogP contribution is 2.49. The monoisotopic (exact) mass is 198 g/mol. The fraction of sp³-hybridized carbons (Fsp3) is 1.00. The van der Waals surface area contributed by atoms with Gasteiger partial charge in [0.1, 0.15) is 0 Å². The van der Waals surface area contributed by atoms with E-state index in [0.29, 0.717) is 16.7 Å². The second-order valence-electron chi connectivity index (χ2n) is 6.86. The molecule has 0 amide bonds. The lowest BCUT2D eigenvalue weighted by Crippen LogP contribution is -2.34. The van der Waals surface area contributed by atoms with Gasteiger partial charge in [0.25, 0.3) is 0 Å². The van der Waals surface area contributed by atoms with E-state index in [1.54, 1.807) is 0 Å². The minimum Gasteiger partial charge on any atom is -0.393 e. The van der Waals surface area contributed by atoms with Crippen molar-refractivity contribution in [1.82, 2.24) is 0 Å². The Balaban J connectivity index is 2.62. The Hall–Kier alpha value is -0.0400. The zero-order valence-electron chi connectivity index (χ0n) is 10.4. The van der Waals surface area contributed by atoms with Crippen LogP contribution in [-0.4, -0.2) is 11.2 Å². The number of hydrogen-bond donors (Lipinski definition) is 1. The summed E-state index contributed by atoms with van der Waals surface area (Å²) in [6.07, 6.45) is 4.72. The van der Waals surface area contributed by atoms with Crippen LogP contribution in [0.4, 0.5) is 0 Å². The lowest BCUT2D eigenvalue weighted by Gasteiger charge is -2.45. The van der Waals surface area contributed by atoms with Crippen LogP contribution in [0.25, 0.3) is 0 Å². The van der Waals surface area contributed by atoms with Crippen LogP contribution in [0.3, 0.4) is 0 Å². The number of rotatable bonds is 2. The topological polar surface area (TPSA) is 20.2 Å². The van der Waals surface area contributed by atoms with E-state index >= 15 is 0 Å². The van der Waals surface area contributed by atoms with E-state index in [1.807, 2.05) is 6.92 Å². The summed E-state index contributed by atoms with van der Waals surface area (Å²) in [6.45, 7) is 11.4. The van der Waals surface area contributed by atoms with Crippen LogP contribution in [0.5, 0.6) is 0 Å². The average Bonchev–Trinajstić information content (AvgIpc) is 1.74. The van der Waals surface area contributed by atoms with Crippen molar-refractivity contribution in [3.8, 4) is 0 Å². The average molecular weight is 198 g/mol. The zero-order chi connectivity index (χ0) is 11.0. The van der Waals surface area contributed by atoms with Gasteiger partial charge in [-0.1, -0.05) is 27.7 Å². The lowest BCUT2D eigenvalue weighted by molar-refractivity contribution is 0.0412. The standard InChI is InChI=1S/C13H26O/c1-10(14)6-11-7-12(2,3)9-13(4,5)8-11/h10-11,14H,6-9H2,1-5H3. The molecule has 1 rings (SSSR count). The number of aliphatic hydroxyl groups is 1. The molecule has 1 aliphatic rings. The van der Waals surface area contributed by atoms with Gasteiger partial charge in [-0.05, 0) is 49.4 Å². The molecule has 0 saturated heterocycles. The summed E-state index contributed by atoms with van der Waals surface area (Å²) in [5.41, 5.74) is 0.919. The van der Waals surface area contributed by atoms with Gasteiger partial charge < -0.3 is 5.11 Å². The van der Waals surface area contributed by atoms with Crippen molar-refractivity contribution in [3.05, 3.63) is 0 Å². The molecule has 1 heteroatoms. The lowest BCUT2D eigenvalue weighted by atomic mass is 9.60. The molecule has 1 aliphatic carbocycles. The fourth-order valence-electron chi connectivity index (χ4n) is 3.72. The van der Waals surface area contributed by atoms with Crippen molar-refractivity contribution in [2.75, 3.05) is 0 Å². The Bertz CT molecular complexity index is 175. The van der Waals surface area contributed by atoms with Crippen molar-refractivity contribution >= 4 is 0 Å². The molecule has 0 aromatic carbocycles. The molecule has 1 atom stereocenters. The first-order valence-corrected chi connectivity index (χ1v) is 5.88. The molecule has 84 valence electrons. The van der Waals surface area contributed by atoms with E-state index < -0.39 is 0 Å². The molecule has 0 aromatic rings. The van der Waals surface area contributed by atoms with Gasteiger partial charge in [-0.25, -0.2) is 0 Å². The van der Waals surface area contributed by atoms with E-state index in [9.17, 15) is 5.11 Å². The second-order valence-corrected chi connectivity index (χ2v) is 6.86. The third kappa shape index (κ3) is 3.61. The van der Waals surface area contributed by atoms with Crippen LogP contribution in [0, 0.1) is 16.7 Å². The van der Waals surface area contributed by atoms with Gasteiger partial charge in [-0.3, -0.25) is 0 Å². The van der Waals surface area contributed by atoms with Crippen molar-refractivity contribution in [2.24, 2.45) is 16.7 Å². The summed E-state index contributed by atoms with van der Waals surface area (Å²) >= 11 is 0. The van der Waals surface area contributed by atoms with Crippen molar-refractivity contribution in [2.45, 2.75) is 66.4 Å². The molecular formula is C13H26O. The Morgan fingerprint density at radius 2 is 1.57 bits per heavy atom. The first-order chi connectivity index (χ1) is 6.20. The third-order valence-electron chi connectivity index (χ3n) is 3.31. The molecule has 0 bridgehead atoms. The van der Waals surface area contributed by atoms with Gasteiger partial charge in [0, 0.05) is 0 Å². The van der Waals surface area contributed by atoms with Crippen LogP contribution in [-0.2, 0) is 0 Å². The van der Waals surface area contributed by atoms with Crippen LogP contribution >= 0.6 is 0 Å². The quantitative estimate of drug-likeness (QED) is 0.718. The predicted molar refractivity (Wildman–Crippen MR) is 61.2 cm³/mol. The Morgan fingerprint density at radius 1 is 1.14 bits per heavy atom. The maximum atomic E-state index is 9.45. The molecule has 0 heterocycles. The molecule has 14 heavy (non-hydrogen) atoms. The van der Waals surface area contributed by atoms with Crippen LogP contribution < -0.4 is 0 Å². The second kappa shape index (κ2) is 3.84. The van der Waals surface area contributed by atoms with E-state index in [2.05, 4.69) is 27.7 Å². The Kier molecular flexibility index (Phi) is 3.30. The molecule has 0 spiro atoms. The minimum absolute atomic E-state index is 0.135. The number of aliphatic hydroxyl groups excluding tert-OH is 1. The van der Waals surface area contributed by atoms with Gasteiger partial charge in [0.05, 0.1) is 6.10 Å². The fourth-order valence-corrected chi connectivity index (χ4v) is 3.72. The normalized spacial score (nSPS) is 28.7. The van der Waals surface area contributed by atoms with Gasteiger partial charge in [0.2, 0.25) is 0 Å². The molecule has 1 nitrogen and oxygen atoms in total. The Morgan fingerprint density at radius 3 is 1.93 bits per heavy atom. The zero-order valence-corrected chi connectivity index (χ0v) is 10.4. The van der Waals surface area contributed by atoms with Crippen LogP contribution in [0.1, 0.15) is 60.3 Å². The van der Waals surface area contributed by atoms with Crippen molar-refractivity contribution in [3.63, 3.8) is 0 Å². The smallest absolute Gasteiger partial charge is 0.0514 e. The van der Waals surface area contributed by atoms with Gasteiger partial charge in [-0.2, -0.15) is 0 Å². The summed E-state index contributed by atoms with van der Waals surface area (Å²) in [4.78, 5) is 0.